The molecule has 0 saturated carbocycles. The number of nitrogens with one attached hydrogen (secondary N) is 8. The van der Waals surface area contributed by atoms with E-state index in [-0.39, 0.29) is 125 Å². The number of rotatable bonds is 36. The van der Waals surface area contributed by atoms with Gasteiger partial charge in [0.2, 0.25) is 35.4 Å². The van der Waals surface area contributed by atoms with E-state index in [2.05, 4.69) is 42.5 Å². The van der Waals surface area contributed by atoms with Crippen molar-refractivity contribution < 1.29 is 71.8 Å². The molecule has 2 aromatic carbocycles. The molecule has 0 fully saturated rings. The van der Waals surface area contributed by atoms with Gasteiger partial charge < -0.3 is 63.5 Å². The summed E-state index contributed by atoms with van der Waals surface area (Å²) >= 11 is 0. The molecule has 2 aliphatic rings. The molecule has 27 heteroatoms. The number of hydrogen-bond donors (Lipinski definition) is 10. The lowest BCUT2D eigenvalue weighted by Crippen LogP contribution is -2.54. The SMILES string of the molecule is CC(C)[C@H](NC(=O)CCCCCN1C(=O)C=CC1=O)C(=O)N[C@@H](CCCNC(N)=O)C(=O)Nc1ccc(COC(=O)OCc2ccc(NC(=O)[C@H](CCCNC(N)=O)NC(=O)[C@@H](NC(=O)CCCCCN3C(=O)C=CC3=O)C(C)C)cc2)cc1. The molecule has 4 rings (SSSR count). The van der Waals surface area contributed by atoms with E-state index in [0.717, 1.165) is 9.80 Å². The van der Waals surface area contributed by atoms with E-state index >= 15 is 0 Å². The quantitative estimate of drug-likeness (QED) is 0.0266. The normalized spacial score (nSPS) is 14.1. The molecule has 0 unspecified atom stereocenters. The summed E-state index contributed by atoms with van der Waals surface area (Å²) in [6.07, 6.45) is 7.75. The number of amides is 14. The van der Waals surface area contributed by atoms with Gasteiger partial charge in [-0.05, 0) is 98.6 Å². The van der Waals surface area contributed by atoms with Crippen molar-refractivity contribution in [1.82, 2.24) is 41.7 Å². The smallest absolute Gasteiger partial charge is 0.429 e. The number of anilines is 2. The number of carbonyl (C=O) groups is 13. The maximum absolute atomic E-state index is 13.6. The van der Waals surface area contributed by atoms with Gasteiger partial charge in [0.15, 0.2) is 0 Å². The summed E-state index contributed by atoms with van der Waals surface area (Å²) < 4.78 is 10.6. The van der Waals surface area contributed by atoms with Gasteiger partial charge in [-0.2, -0.15) is 0 Å². The summed E-state index contributed by atoms with van der Waals surface area (Å²) in [7, 11) is 0. The number of imide groups is 2. The average molecular weight is 1170 g/mol. The number of urea groups is 2. The molecule has 2 aromatic rings. The van der Waals surface area contributed by atoms with E-state index in [4.69, 9.17) is 20.9 Å². The number of hydrogen-bond acceptors (Lipinski definition) is 15. The maximum atomic E-state index is 13.6. The Morgan fingerprint density at radius 3 is 1.12 bits per heavy atom. The van der Waals surface area contributed by atoms with Crippen molar-refractivity contribution >= 4 is 88.7 Å². The van der Waals surface area contributed by atoms with Gasteiger partial charge in [-0.25, -0.2) is 14.4 Å². The molecule has 2 aliphatic heterocycles. The van der Waals surface area contributed by atoms with Crippen LogP contribution in [-0.2, 0) is 70.6 Å². The van der Waals surface area contributed by atoms with Gasteiger partial charge in [-0.3, -0.25) is 57.7 Å². The van der Waals surface area contributed by atoms with Crippen LogP contribution in [0.1, 0.15) is 116 Å². The first-order valence-corrected chi connectivity index (χ1v) is 27.9. The number of nitrogens with zero attached hydrogens (tertiary/aromatic N) is 2. The minimum atomic E-state index is -1.10. The van der Waals surface area contributed by atoms with Crippen LogP contribution in [0.3, 0.4) is 0 Å². The zero-order valence-corrected chi connectivity index (χ0v) is 47.8. The van der Waals surface area contributed by atoms with Crippen LogP contribution in [0.5, 0.6) is 0 Å². The second-order valence-electron chi connectivity index (χ2n) is 20.7. The summed E-state index contributed by atoms with van der Waals surface area (Å²) in [5.74, 6) is -5.39. The summed E-state index contributed by atoms with van der Waals surface area (Å²) in [6, 6.07) is 6.92. The van der Waals surface area contributed by atoms with Gasteiger partial charge in [0.1, 0.15) is 37.4 Å². The van der Waals surface area contributed by atoms with Crippen LogP contribution in [0.4, 0.5) is 25.8 Å². The van der Waals surface area contributed by atoms with Crippen LogP contribution >= 0.6 is 0 Å². The number of nitrogens with two attached hydrogens (primary N) is 2. The van der Waals surface area contributed by atoms with Crippen molar-refractivity contribution in [2.24, 2.45) is 23.3 Å². The predicted molar refractivity (Wildman–Crippen MR) is 305 cm³/mol. The van der Waals surface area contributed by atoms with Gasteiger partial charge in [-0.1, -0.05) is 64.8 Å². The Bertz CT molecular complexity index is 2510. The number of unbranched alkanes of at least 4 members (excludes halogenated alkanes) is 4. The van der Waals surface area contributed by atoms with E-state index in [9.17, 15) is 62.3 Å². The fourth-order valence-corrected chi connectivity index (χ4v) is 8.58. The number of primary amides is 2. The summed E-state index contributed by atoms with van der Waals surface area (Å²) in [5.41, 5.74) is 12.1. The highest BCUT2D eigenvalue weighted by atomic mass is 16.7. The van der Waals surface area contributed by atoms with E-state index in [1.54, 1.807) is 76.2 Å². The number of carbonyl (C=O) groups excluding carboxylic acids is 13. The van der Waals surface area contributed by atoms with E-state index in [0.29, 0.717) is 61.0 Å². The van der Waals surface area contributed by atoms with E-state index in [1.807, 2.05) is 0 Å². The van der Waals surface area contributed by atoms with E-state index < -0.39 is 66.0 Å². The molecule has 0 aliphatic carbocycles. The standard InChI is InChI=1S/C57H78N12O15/c1-35(2)49(66-43(70)15-7-5-9-31-68-45(72)25-26-46(68)73)53(78)64-41(13-11-29-60-55(58)80)51(76)62-39-21-17-37(18-22-39)33-83-57(82)84-34-38-19-23-40(24-20-38)63-52(77)42(14-12-30-61-56(59)81)65-54(79)50(36(3)4)67-44(71)16-8-6-10-32-69-47(74)27-28-48(69)75/h17-28,35-36,41-42,49-50H,5-16,29-34H2,1-4H3,(H,62,76)(H,63,77)(H,64,78)(H,65,79)(H,66,70)(H,67,71)(H3,58,60,80)(H3,59,61,81)/t41-,42-,49-,50-/m0/s1. The Labute approximate surface area is 486 Å². The molecule has 0 aromatic heterocycles. The highest BCUT2D eigenvalue weighted by Crippen LogP contribution is 2.17. The molecular formula is C57H78N12O15. The van der Waals surface area contributed by atoms with Crippen molar-refractivity contribution in [2.45, 2.75) is 142 Å². The molecule has 0 spiro atoms. The van der Waals surface area contributed by atoms with Gasteiger partial charge >= 0.3 is 18.2 Å². The monoisotopic (exact) mass is 1170 g/mol. The van der Waals surface area contributed by atoms with Gasteiger partial charge in [-0.15, -0.1) is 0 Å². The Morgan fingerprint density at radius 1 is 0.452 bits per heavy atom. The van der Waals surface area contributed by atoms with Gasteiger partial charge in [0.25, 0.3) is 23.6 Å². The minimum absolute atomic E-state index is 0.0890. The van der Waals surface area contributed by atoms with E-state index in [1.165, 1.54) is 24.3 Å². The third kappa shape index (κ3) is 24.1. The zero-order valence-electron chi connectivity index (χ0n) is 47.8. The first kappa shape index (κ1) is 67.3. The topological polar surface area (TPSA) is 395 Å². The van der Waals surface area contributed by atoms with Crippen LogP contribution in [0.15, 0.2) is 72.8 Å². The summed E-state index contributed by atoms with van der Waals surface area (Å²) in [6.45, 7) is 7.28. The number of ether oxygens (including phenoxy) is 2. The summed E-state index contributed by atoms with van der Waals surface area (Å²) in [4.78, 5) is 165. The maximum Gasteiger partial charge on any atom is 0.508 e. The van der Waals surface area contributed by atoms with Gasteiger partial charge in [0, 0.05) is 74.7 Å². The second-order valence-corrected chi connectivity index (χ2v) is 20.7. The fourth-order valence-electron chi connectivity index (χ4n) is 8.58. The van der Waals surface area contributed by atoms with Crippen LogP contribution in [0.2, 0.25) is 0 Å². The first-order valence-electron chi connectivity index (χ1n) is 27.9. The molecule has 12 N–H and O–H groups in total. The zero-order chi connectivity index (χ0) is 61.7. The highest BCUT2D eigenvalue weighted by molar-refractivity contribution is 6.13. The molecule has 2 heterocycles. The largest absolute Gasteiger partial charge is 0.508 e. The van der Waals surface area contributed by atoms with Crippen LogP contribution in [0, 0.1) is 11.8 Å². The van der Waals surface area contributed by atoms with Crippen molar-refractivity contribution in [3.05, 3.63) is 84.0 Å². The molecular weight excluding hydrogens is 1090 g/mol. The average Bonchev–Trinajstić information content (AvgIpc) is 4.08. The Hall–Kier alpha value is -9.17. The molecule has 0 bridgehead atoms. The lowest BCUT2D eigenvalue weighted by Gasteiger charge is -2.25. The first-order chi connectivity index (χ1) is 40.0. The van der Waals surface area contributed by atoms with Crippen molar-refractivity contribution in [1.29, 1.82) is 0 Å². The summed E-state index contributed by atoms with van der Waals surface area (Å²) in [5, 5.41) is 21.3. The predicted octanol–water partition coefficient (Wildman–Crippen LogP) is 2.54. The minimum Gasteiger partial charge on any atom is -0.429 e. The fraction of sp³-hybridized carbons (Fsp3) is 0.491. The van der Waals surface area contributed by atoms with Crippen LogP contribution in [-0.4, -0.2) is 137 Å². The van der Waals surface area contributed by atoms with Crippen LogP contribution < -0.4 is 54.0 Å². The molecule has 0 saturated heterocycles. The number of benzene rings is 2. The van der Waals surface area contributed by atoms with Crippen molar-refractivity contribution in [2.75, 3.05) is 36.8 Å². The third-order valence-electron chi connectivity index (χ3n) is 13.3. The molecule has 456 valence electrons. The van der Waals surface area contributed by atoms with Crippen molar-refractivity contribution in [3.63, 3.8) is 0 Å². The molecule has 27 nitrogen and oxygen atoms in total. The molecule has 14 amide bonds. The highest BCUT2D eigenvalue weighted by Gasteiger charge is 2.31. The Morgan fingerprint density at radius 2 is 0.798 bits per heavy atom. The van der Waals surface area contributed by atoms with Crippen molar-refractivity contribution in [3.8, 4) is 0 Å². The lowest BCUT2D eigenvalue weighted by molar-refractivity contribution is -0.138. The third-order valence-corrected chi connectivity index (χ3v) is 13.3. The van der Waals surface area contributed by atoms with Gasteiger partial charge in [0.05, 0.1) is 0 Å². The Kier molecular flexibility index (Phi) is 28.0. The molecule has 4 atom stereocenters. The lowest BCUT2D eigenvalue weighted by atomic mass is 10.0. The Balaban J connectivity index is 1.23. The van der Waals surface area contributed by atoms with Crippen LogP contribution in [0.25, 0.3) is 0 Å². The molecule has 84 heavy (non-hydrogen) atoms. The second kappa shape index (κ2) is 35.0. The molecule has 0 radical (unpaired) electrons.